The molecule has 0 spiro atoms. The summed E-state index contributed by atoms with van der Waals surface area (Å²) in [5.41, 5.74) is 1.88. The van der Waals surface area contributed by atoms with E-state index < -0.39 is 0 Å². The van der Waals surface area contributed by atoms with E-state index in [0.717, 1.165) is 18.6 Å². The third-order valence-corrected chi connectivity index (χ3v) is 4.98. The number of anilines is 1. The molecular formula is C28H31NO5. The van der Waals surface area contributed by atoms with Crippen LogP contribution in [0.25, 0.3) is 0 Å². The molecule has 0 heterocycles. The quantitative estimate of drug-likeness (QED) is 0.256. The van der Waals surface area contributed by atoms with Gasteiger partial charge >= 0.3 is 5.97 Å². The molecule has 1 N–H and O–H groups in total. The van der Waals surface area contributed by atoms with Crippen LogP contribution in [0.15, 0.2) is 84.9 Å². The van der Waals surface area contributed by atoms with Crippen LogP contribution in [-0.4, -0.2) is 31.7 Å². The smallest absolute Gasteiger partial charge is 0.305 e. The maximum Gasteiger partial charge on any atom is 0.305 e. The average molecular weight is 462 g/mol. The summed E-state index contributed by atoms with van der Waals surface area (Å²) in [4.78, 5) is 24.1. The van der Waals surface area contributed by atoms with Gasteiger partial charge in [0.1, 0.15) is 24.7 Å². The van der Waals surface area contributed by atoms with Gasteiger partial charge in [0.15, 0.2) is 0 Å². The molecule has 0 saturated carbocycles. The lowest BCUT2D eigenvalue weighted by Gasteiger charge is -2.10. The number of aryl methyl sites for hydroxylation is 1. The number of hydrogen-bond acceptors (Lipinski definition) is 5. The molecule has 0 aliphatic carbocycles. The van der Waals surface area contributed by atoms with E-state index in [1.807, 2.05) is 60.7 Å². The highest BCUT2D eigenvalue weighted by molar-refractivity contribution is 5.91. The van der Waals surface area contributed by atoms with Crippen molar-refractivity contribution in [2.24, 2.45) is 0 Å². The van der Waals surface area contributed by atoms with Gasteiger partial charge < -0.3 is 19.5 Å². The van der Waals surface area contributed by atoms with E-state index in [0.29, 0.717) is 37.7 Å². The van der Waals surface area contributed by atoms with E-state index in [1.54, 1.807) is 12.1 Å². The molecule has 178 valence electrons. The normalized spacial score (nSPS) is 10.4. The zero-order chi connectivity index (χ0) is 23.8. The fraction of sp³-hybridized carbons (Fsp3) is 0.286. The monoisotopic (exact) mass is 461 g/mol. The summed E-state index contributed by atoms with van der Waals surface area (Å²) in [6, 6.07) is 26.8. The minimum Gasteiger partial charge on any atom is -0.490 e. The summed E-state index contributed by atoms with van der Waals surface area (Å²) in [5.74, 6) is 1.02. The Hall–Kier alpha value is -3.80. The standard InChI is InChI=1S/C28H31NO5/c30-27(17-8-18-28(31)34-19-9-12-23-10-3-1-4-11-23)29-24-13-7-16-26(22-24)33-21-20-32-25-14-5-2-6-15-25/h1-7,10-11,13-16,22H,8-9,12,17-21H2,(H,29,30). The van der Waals surface area contributed by atoms with Crippen molar-refractivity contribution in [1.29, 1.82) is 0 Å². The number of benzene rings is 3. The number of para-hydroxylation sites is 1. The molecule has 0 unspecified atom stereocenters. The van der Waals surface area contributed by atoms with Crippen LogP contribution in [0.3, 0.4) is 0 Å². The number of amides is 1. The number of esters is 1. The highest BCUT2D eigenvalue weighted by atomic mass is 16.5. The lowest BCUT2D eigenvalue weighted by molar-refractivity contribution is -0.143. The SMILES string of the molecule is O=C(CCCC(=O)OCCCc1ccccc1)Nc1cccc(OCCOc2ccccc2)c1. The Bertz CT molecular complexity index is 1010. The molecule has 0 saturated heterocycles. The van der Waals surface area contributed by atoms with E-state index >= 15 is 0 Å². The molecule has 6 nitrogen and oxygen atoms in total. The van der Waals surface area contributed by atoms with Crippen molar-refractivity contribution in [2.45, 2.75) is 32.1 Å². The number of hydrogen-bond donors (Lipinski definition) is 1. The first-order valence-electron chi connectivity index (χ1n) is 11.6. The van der Waals surface area contributed by atoms with Crippen LogP contribution >= 0.6 is 0 Å². The molecule has 34 heavy (non-hydrogen) atoms. The average Bonchev–Trinajstić information content (AvgIpc) is 2.86. The van der Waals surface area contributed by atoms with Gasteiger partial charge in [-0.25, -0.2) is 0 Å². The van der Waals surface area contributed by atoms with Crippen LogP contribution in [0.4, 0.5) is 5.69 Å². The van der Waals surface area contributed by atoms with E-state index in [2.05, 4.69) is 17.4 Å². The third-order valence-electron chi connectivity index (χ3n) is 4.98. The maximum absolute atomic E-state index is 12.2. The summed E-state index contributed by atoms with van der Waals surface area (Å²) in [6.07, 6.45) is 2.57. The molecule has 0 bridgehead atoms. The fourth-order valence-corrected chi connectivity index (χ4v) is 3.30. The van der Waals surface area contributed by atoms with Crippen molar-refractivity contribution < 1.29 is 23.8 Å². The van der Waals surface area contributed by atoms with Crippen LogP contribution < -0.4 is 14.8 Å². The summed E-state index contributed by atoms with van der Waals surface area (Å²) in [5, 5.41) is 2.84. The largest absolute Gasteiger partial charge is 0.490 e. The van der Waals surface area contributed by atoms with Crippen molar-refractivity contribution in [3.8, 4) is 11.5 Å². The second kappa shape index (κ2) is 14.4. The van der Waals surface area contributed by atoms with Crippen molar-refractivity contribution in [3.63, 3.8) is 0 Å². The molecule has 0 radical (unpaired) electrons. The van der Waals surface area contributed by atoms with Crippen LogP contribution in [0.1, 0.15) is 31.2 Å². The molecule has 6 heteroatoms. The van der Waals surface area contributed by atoms with Gasteiger partial charge in [0.05, 0.1) is 6.61 Å². The zero-order valence-electron chi connectivity index (χ0n) is 19.3. The van der Waals surface area contributed by atoms with Gasteiger partial charge in [-0.05, 0) is 49.1 Å². The zero-order valence-corrected chi connectivity index (χ0v) is 19.3. The molecule has 0 fully saturated rings. The van der Waals surface area contributed by atoms with Crippen molar-refractivity contribution in [3.05, 3.63) is 90.5 Å². The molecule has 0 aliphatic heterocycles. The first kappa shape index (κ1) is 24.8. The van der Waals surface area contributed by atoms with E-state index in [4.69, 9.17) is 14.2 Å². The molecule has 1 amide bonds. The summed E-state index contributed by atoms with van der Waals surface area (Å²) in [7, 11) is 0. The van der Waals surface area contributed by atoms with Crippen LogP contribution in [-0.2, 0) is 20.7 Å². The van der Waals surface area contributed by atoms with Gasteiger partial charge in [0.25, 0.3) is 0 Å². The molecule has 3 aromatic rings. The number of rotatable bonds is 14. The van der Waals surface area contributed by atoms with Crippen LogP contribution in [0, 0.1) is 0 Å². The summed E-state index contributed by atoms with van der Waals surface area (Å²) < 4.78 is 16.6. The van der Waals surface area contributed by atoms with Gasteiger partial charge in [-0.15, -0.1) is 0 Å². The molecule has 0 atom stereocenters. The second-order valence-electron chi connectivity index (χ2n) is 7.75. The lowest BCUT2D eigenvalue weighted by atomic mass is 10.1. The molecule has 0 aromatic heterocycles. The molecular weight excluding hydrogens is 430 g/mol. The van der Waals surface area contributed by atoms with Gasteiger partial charge in [0.2, 0.25) is 5.91 Å². The topological polar surface area (TPSA) is 73.9 Å². The van der Waals surface area contributed by atoms with E-state index in [9.17, 15) is 9.59 Å². The fourth-order valence-electron chi connectivity index (χ4n) is 3.30. The Balaban J connectivity index is 1.26. The van der Waals surface area contributed by atoms with Crippen molar-refractivity contribution >= 4 is 17.6 Å². The Morgan fingerprint density at radius 1 is 0.676 bits per heavy atom. The maximum atomic E-state index is 12.2. The minimum atomic E-state index is -0.269. The Kier molecular flexibility index (Phi) is 10.5. The van der Waals surface area contributed by atoms with Crippen molar-refractivity contribution in [2.75, 3.05) is 25.1 Å². The highest BCUT2D eigenvalue weighted by Gasteiger charge is 2.08. The Morgan fingerprint density at radius 3 is 2.12 bits per heavy atom. The minimum absolute atomic E-state index is 0.151. The first-order chi connectivity index (χ1) is 16.7. The van der Waals surface area contributed by atoms with Crippen molar-refractivity contribution in [1.82, 2.24) is 0 Å². The second-order valence-corrected chi connectivity index (χ2v) is 7.75. The Labute approximate surface area is 200 Å². The van der Waals surface area contributed by atoms with Crippen LogP contribution in [0.2, 0.25) is 0 Å². The van der Waals surface area contributed by atoms with Crippen LogP contribution in [0.5, 0.6) is 11.5 Å². The predicted molar refractivity (Wildman–Crippen MR) is 132 cm³/mol. The Morgan fingerprint density at radius 2 is 1.35 bits per heavy atom. The van der Waals surface area contributed by atoms with Gasteiger partial charge in [-0.2, -0.15) is 0 Å². The molecule has 0 aliphatic rings. The lowest BCUT2D eigenvalue weighted by Crippen LogP contribution is -2.13. The number of carbonyl (C=O) groups excluding carboxylic acids is 2. The third kappa shape index (κ3) is 9.77. The summed E-state index contributed by atoms with van der Waals surface area (Å²) in [6.45, 7) is 1.20. The molecule has 3 aromatic carbocycles. The predicted octanol–water partition coefficient (Wildman–Crippen LogP) is 5.43. The van der Waals surface area contributed by atoms with E-state index in [-0.39, 0.29) is 24.7 Å². The van der Waals surface area contributed by atoms with E-state index in [1.165, 1.54) is 5.56 Å². The number of nitrogens with one attached hydrogen (secondary N) is 1. The highest BCUT2D eigenvalue weighted by Crippen LogP contribution is 2.18. The van der Waals surface area contributed by atoms with Gasteiger partial charge in [-0.1, -0.05) is 54.6 Å². The van der Waals surface area contributed by atoms with Gasteiger partial charge in [0, 0.05) is 24.6 Å². The first-order valence-corrected chi connectivity index (χ1v) is 11.6. The number of ether oxygens (including phenoxy) is 3. The number of carbonyl (C=O) groups is 2. The van der Waals surface area contributed by atoms with Gasteiger partial charge in [-0.3, -0.25) is 9.59 Å². The molecule has 3 rings (SSSR count). The summed E-state index contributed by atoms with van der Waals surface area (Å²) >= 11 is 0.